The Labute approximate surface area is 163 Å². The molecule has 2 aliphatic carbocycles. The lowest BCUT2D eigenvalue weighted by Crippen LogP contribution is -2.36. The lowest BCUT2D eigenvalue weighted by atomic mass is 9.79. The molecule has 0 saturated heterocycles. The van der Waals surface area contributed by atoms with Crippen molar-refractivity contribution in [3.8, 4) is 0 Å². The first-order valence-corrected chi connectivity index (χ1v) is 10.4. The van der Waals surface area contributed by atoms with Crippen molar-refractivity contribution in [2.24, 2.45) is 5.92 Å². The fraction of sp³-hybridized carbons (Fsp3) is 0.542. The van der Waals surface area contributed by atoms with E-state index >= 15 is 0 Å². The second-order valence-electron chi connectivity index (χ2n) is 8.66. The van der Waals surface area contributed by atoms with Gasteiger partial charge in [0.05, 0.1) is 11.3 Å². The van der Waals surface area contributed by atoms with Gasteiger partial charge in [-0.15, -0.1) is 0 Å². The van der Waals surface area contributed by atoms with Gasteiger partial charge in [0.15, 0.2) is 0 Å². The molecule has 1 N–H and O–H groups in total. The molecule has 27 heavy (non-hydrogen) atoms. The van der Waals surface area contributed by atoms with E-state index in [0.717, 1.165) is 55.1 Å². The molecule has 0 bridgehead atoms. The van der Waals surface area contributed by atoms with Crippen molar-refractivity contribution in [1.82, 2.24) is 0 Å². The van der Waals surface area contributed by atoms with Crippen LogP contribution in [0.15, 0.2) is 47.6 Å². The molecular formula is C24H31NO2. The topological polar surface area (TPSA) is 42.3 Å². The van der Waals surface area contributed by atoms with Crippen molar-refractivity contribution in [2.45, 2.75) is 70.5 Å². The van der Waals surface area contributed by atoms with E-state index in [-0.39, 0.29) is 11.7 Å². The van der Waals surface area contributed by atoms with E-state index < -0.39 is 0 Å². The smallest absolute Gasteiger partial charge is 0.144 e. The van der Waals surface area contributed by atoms with Crippen molar-refractivity contribution in [3.05, 3.63) is 53.1 Å². The van der Waals surface area contributed by atoms with Gasteiger partial charge in [0, 0.05) is 25.0 Å². The maximum atomic E-state index is 8.82. The normalized spacial score (nSPS) is 28.1. The molecule has 3 heteroatoms. The zero-order chi connectivity index (χ0) is 18.9. The predicted molar refractivity (Wildman–Crippen MR) is 110 cm³/mol. The SMILES string of the molecule is CC1=C(C(=N)C2CC=C(c3ccccc3)O2)CC(C)(OCCC2CC2)CC1. The third kappa shape index (κ3) is 4.35. The highest BCUT2D eigenvalue weighted by atomic mass is 16.5. The van der Waals surface area contributed by atoms with Gasteiger partial charge in [0.25, 0.3) is 0 Å². The van der Waals surface area contributed by atoms with E-state index in [2.05, 4.69) is 32.1 Å². The monoisotopic (exact) mass is 365 g/mol. The molecule has 0 radical (unpaired) electrons. The molecule has 1 aliphatic heterocycles. The van der Waals surface area contributed by atoms with Gasteiger partial charge < -0.3 is 14.9 Å². The molecule has 0 amide bonds. The molecule has 1 fully saturated rings. The van der Waals surface area contributed by atoms with Gasteiger partial charge in [0.2, 0.25) is 0 Å². The molecule has 4 rings (SSSR count). The maximum absolute atomic E-state index is 8.82. The summed E-state index contributed by atoms with van der Waals surface area (Å²) in [6, 6.07) is 10.2. The molecule has 0 spiro atoms. The highest BCUT2D eigenvalue weighted by Gasteiger charge is 2.36. The van der Waals surface area contributed by atoms with Crippen LogP contribution in [-0.2, 0) is 9.47 Å². The van der Waals surface area contributed by atoms with Crippen LogP contribution in [0.4, 0.5) is 0 Å². The molecule has 3 nitrogen and oxygen atoms in total. The van der Waals surface area contributed by atoms with Gasteiger partial charge in [-0.1, -0.05) is 48.7 Å². The second-order valence-corrected chi connectivity index (χ2v) is 8.66. The van der Waals surface area contributed by atoms with E-state index in [1.54, 1.807) is 0 Å². The highest BCUT2D eigenvalue weighted by Crippen LogP contribution is 2.39. The van der Waals surface area contributed by atoms with Crippen LogP contribution in [0.25, 0.3) is 5.76 Å². The van der Waals surface area contributed by atoms with Crippen molar-refractivity contribution < 1.29 is 9.47 Å². The third-order valence-electron chi connectivity index (χ3n) is 6.26. The average molecular weight is 366 g/mol. The van der Waals surface area contributed by atoms with Crippen LogP contribution < -0.4 is 0 Å². The van der Waals surface area contributed by atoms with Gasteiger partial charge in [0.1, 0.15) is 11.9 Å². The third-order valence-corrected chi connectivity index (χ3v) is 6.26. The summed E-state index contributed by atoms with van der Waals surface area (Å²) in [6.45, 7) is 5.26. The van der Waals surface area contributed by atoms with Gasteiger partial charge in [-0.2, -0.15) is 0 Å². The summed E-state index contributed by atoms with van der Waals surface area (Å²) in [4.78, 5) is 0. The van der Waals surface area contributed by atoms with Crippen molar-refractivity contribution >= 4 is 11.5 Å². The number of rotatable bonds is 7. The fourth-order valence-corrected chi connectivity index (χ4v) is 4.17. The molecule has 0 aromatic heterocycles. The number of nitrogens with one attached hydrogen (secondary N) is 1. The summed E-state index contributed by atoms with van der Waals surface area (Å²) in [7, 11) is 0. The van der Waals surface area contributed by atoms with Crippen LogP contribution >= 0.6 is 0 Å². The standard InChI is InChI=1S/C24H31NO2/c1-17-12-14-24(2,26-15-13-18-8-9-18)16-20(17)23(25)22-11-10-21(27-22)19-6-4-3-5-7-19/h3-7,10,18,22,25H,8-9,11-16H2,1-2H3. The first-order valence-electron chi connectivity index (χ1n) is 10.4. The summed E-state index contributed by atoms with van der Waals surface area (Å²) in [6.07, 6.45) is 9.60. The van der Waals surface area contributed by atoms with Crippen molar-refractivity contribution in [3.63, 3.8) is 0 Å². The fourth-order valence-electron chi connectivity index (χ4n) is 4.17. The summed E-state index contributed by atoms with van der Waals surface area (Å²) in [5, 5.41) is 8.82. The first-order chi connectivity index (χ1) is 13.0. The average Bonchev–Trinajstić information content (AvgIpc) is 3.37. The number of hydrogen-bond donors (Lipinski definition) is 1. The molecule has 1 heterocycles. The van der Waals surface area contributed by atoms with Crippen LogP contribution in [0, 0.1) is 11.3 Å². The van der Waals surface area contributed by atoms with Crippen LogP contribution in [0.5, 0.6) is 0 Å². The molecular weight excluding hydrogens is 334 g/mol. The number of hydrogen-bond acceptors (Lipinski definition) is 3. The van der Waals surface area contributed by atoms with Crippen molar-refractivity contribution in [1.29, 1.82) is 5.41 Å². The summed E-state index contributed by atoms with van der Waals surface area (Å²) in [5.41, 5.74) is 4.09. The number of allylic oxidation sites excluding steroid dienone is 1. The lowest BCUT2D eigenvalue weighted by molar-refractivity contribution is -0.0421. The molecule has 3 aliphatic rings. The zero-order valence-corrected chi connectivity index (χ0v) is 16.6. The van der Waals surface area contributed by atoms with Gasteiger partial charge in [-0.05, 0) is 50.7 Å². The number of benzene rings is 1. The highest BCUT2D eigenvalue weighted by molar-refractivity contribution is 6.03. The summed E-state index contributed by atoms with van der Waals surface area (Å²) < 4.78 is 12.5. The molecule has 2 unspecified atom stereocenters. The van der Waals surface area contributed by atoms with E-state index in [9.17, 15) is 0 Å². The quantitative estimate of drug-likeness (QED) is 0.610. The lowest BCUT2D eigenvalue weighted by Gasteiger charge is -2.36. The summed E-state index contributed by atoms with van der Waals surface area (Å²) >= 11 is 0. The van der Waals surface area contributed by atoms with Gasteiger partial charge in [-0.3, -0.25) is 0 Å². The van der Waals surface area contributed by atoms with E-state index in [0.29, 0.717) is 5.71 Å². The molecule has 1 aromatic carbocycles. The van der Waals surface area contributed by atoms with Gasteiger partial charge >= 0.3 is 0 Å². The van der Waals surface area contributed by atoms with Crippen LogP contribution in [0.3, 0.4) is 0 Å². The number of ether oxygens (including phenoxy) is 2. The Morgan fingerprint density at radius 1 is 1.26 bits per heavy atom. The van der Waals surface area contributed by atoms with Crippen LogP contribution in [0.2, 0.25) is 0 Å². The predicted octanol–water partition coefficient (Wildman–Crippen LogP) is 5.91. The molecule has 1 saturated carbocycles. The Hall–Kier alpha value is -1.87. The Morgan fingerprint density at radius 3 is 2.78 bits per heavy atom. The molecule has 144 valence electrons. The maximum Gasteiger partial charge on any atom is 0.144 e. The minimum Gasteiger partial charge on any atom is -0.484 e. The largest absolute Gasteiger partial charge is 0.484 e. The Balaban J connectivity index is 1.38. The van der Waals surface area contributed by atoms with Crippen LogP contribution in [-0.4, -0.2) is 24.0 Å². The van der Waals surface area contributed by atoms with Gasteiger partial charge in [-0.25, -0.2) is 0 Å². The van der Waals surface area contributed by atoms with Crippen LogP contribution in [0.1, 0.15) is 64.4 Å². The van der Waals surface area contributed by atoms with E-state index in [1.165, 1.54) is 24.8 Å². The second kappa shape index (κ2) is 7.63. The minimum absolute atomic E-state index is 0.135. The zero-order valence-electron chi connectivity index (χ0n) is 16.6. The molecule has 1 aromatic rings. The Morgan fingerprint density at radius 2 is 2.04 bits per heavy atom. The first kappa shape index (κ1) is 18.5. The summed E-state index contributed by atoms with van der Waals surface area (Å²) in [5.74, 6) is 1.81. The van der Waals surface area contributed by atoms with Crippen molar-refractivity contribution in [2.75, 3.05) is 6.61 Å². The molecule has 2 atom stereocenters. The van der Waals surface area contributed by atoms with E-state index in [4.69, 9.17) is 14.9 Å². The Bertz CT molecular complexity index is 760. The minimum atomic E-state index is -0.168. The Kier molecular flexibility index (Phi) is 5.23. The van der Waals surface area contributed by atoms with E-state index in [1.807, 2.05) is 18.2 Å².